The van der Waals surface area contributed by atoms with E-state index in [-0.39, 0.29) is 18.6 Å². The highest BCUT2D eigenvalue weighted by Crippen LogP contribution is 2.26. The minimum absolute atomic E-state index is 0.00675. The van der Waals surface area contributed by atoms with Gasteiger partial charge in [0.05, 0.1) is 12.6 Å². The molecule has 1 aromatic carbocycles. The number of piperidine rings is 1. The van der Waals surface area contributed by atoms with Crippen molar-refractivity contribution in [3.8, 4) is 0 Å². The van der Waals surface area contributed by atoms with Crippen LogP contribution in [0.1, 0.15) is 12.8 Å². The highest BCUT2D eigenvalue weighted by Gasteiger charge is 2.33. The summed E-state index contributed by atoms with van der Waals surface area (Å²) in [7, 11) is 0. The largest absolute Gasteiger partial charge is 0.366 e. The van der Waals surface area contributed by atoms with Crippen molar-refractivity contribution >= 4 is 23.2 Å². The van der Waals surface area contributed by atoms with Crippen molar-refractivity contribution in [2.75, 3.05) is 31.1 Å². The number of carbonyl (C=O) groups excluding carboxylic acids is 1. The Morgan fingerprint density at radius 1 is 1.40 bits per heavy atom. The van der Waals surface area contributed by atoms with Crippen LogP contribution in [0.3, 0.4) is 0 Å². The van der Waals surface area contributed by atoms with E-state index in [2.05, 4.69) is 5.32 Å². The minimum atomic E-state index is 0.00675. The fourth-order valence-corrected chi connectivity index (χ4v) is 3.15. The Labute approximate surface area is 124 Å². The SMILES string of the molecule is O=C1COC(C2CCCNC2)CN1c1cccc(Cl)c1. The highest BCUT2D eigenvalue weighted by molar-refractivity contribution is 6.30. The number of halogens is 1. The molecule has 0 saturated carbocycles. The summed E-state index contributed by atoms with van der Waals surface area (Å²) in [6, 6.07) is 7.45. The third kappa shape index (κ3) is 2.97. The van der Waals surface area contributed by atoms with E-state index in [1.54, 1.807) is 4.90 Å². The predicted molar refractivity (Wildman–Crippen MR) is 79.1 cm³/mol. The number of carbonyl (C=O) groups is 1. The number of nitrogens with one attached hydrogen (secondary N) is 1. The summed E-state index contributed by atoms with van der Waals surface area (Å²) in [4.78, 5) is 13.9. The van der Waals surface area contributed by atoms with E-state index in [1.165, 1.54) is 6.42 Å². The van der Waals surface area contributed by atoms with Gasteiger partial charge in [0, 0.05) is 17.3 Å². The third-order valence-corrected chi connectivity index (χ3v) is 4.30. The van der Waals surface area contributed by atoms with E-state index in [0.717, 1.165) is 25.2 Å². The molecule has 3 rings (SSSR count). The van der Waals surface area contributed by atoms with Gasteiger partial charge in [0.2, 0.25) is 0 Å². The maximum absolute atomic E-state index is 12.1. The molecule has 2 fully saturated rings. The van der Waals surface area contributed by atoms with Crippen molar-refractivity contribution in [2.45, 2.75) is 18.9 Å². The summed E-state index contributed by atoms with van der Waals surface area (Å²) in [5.41, 5.74) is 0.861. The number of benzene rings is 1. The number of hydrogen-bond acceptors (Lipinski definition) is 3. The van der Waals surface area contributed by atoms with Crippen molar-refractivity contribution in [2.24, 2.45) is 5.92 Å². The number of rotatable bonds is 2. The van der Waals surface area contributed by atoms with Gasteiger partial charge in [-0.25, -0.2) is 0 Å². The summed E-state index contributed by atoms with van der Waals surface area (Å²) in [6.45, 7) is 2.83. The first-order valence-corrected chi connectivity index (χ1v) is 7.50. The summed E-state index contributed by atoms with van der Waals surface area (Å²) in [6.07, 6.45) is 2.45. The first kappa shape index (κ1) is 13.9. The lowest BCUT2D eigenvalue weighted by molar-refractivity contribution is -0.131. The molecule has 0 spiro atoms. The standard InChI is InChI=1S/C15H19ClN2O2/c16-12-4-1-5-13(7-12)18-9-14(20-10-15(18)19)11-3-2-6-17-8-11/h1,4-5,7,11,14,17H,2-3,6,8-10H2. The first-order valence-electron chi connectivity index (χ1n) is 7.12. The van der Waals surface area contributed by atoms with Crippen LogP contribution < -0.4 is 10.2 Å². The fraction of sp³-hybridized carbons (Fsp3) is 0.533. The molecular weight excluding hydrogens is 276 g/mol. The van der Waals surface area contributed by atoms with E-state index in [4.69, 9.17) is 16.3 Å². The summed E-state index contributed by atoms with van der Waals surface area (Å²) in [5.74, 6) is 0.491. The van der Waals surface area contributed by atoms with Gasteiger partial charge in [0.25, 0.3) is 5.91 Å². The Bertz CT molecular complexity index is 489. The third-order valence-electron chi connectivity index (χ3n) is 4.07. The second-order valence-electron chi connectivity index (χ2n) is 5.44. The van der Waals surface area contributed by atoms with Crippen LogP contribution in [-0.4, -0.2) is 38.3 Å². The monoisotopic (exact) mass is 294 g/mol. The van der Waals surface area contributed by atoms with E-state index >= 15 is 0 Å². The van der Waals surface area contributed by atoms with E-state index in [9.17, 15) is 4.79 Å². The molecule has 0 radical (unpaired) electrons. The number of ether oxygens (including phenoxy) is 1. The van der Waals surface area contributed by atoms with Crippen LogP contribution in [0.2, 0.25) is 5.02 Å². The summed E-state index contributed by atoms with van der Waals surface area (Å²) >= 11 is 6.02. The van der Waals surface area contributed by atoms with Crippen LogP contribution in [-0.2, 0) is 9.53 Å². The van der Waals surface area contributed by atoms with Gasteiger partial charge >= 0.3 is 0 Å². The van der Waals surface area contributed by atoms with Crippen molar-refractivity contribution in [1.82, 2.24) is 5.32 Å². The van der Waals surface area contributed by atoms with Crippen molar-refractivity contribution in [3.05, 3.63) is 29.3 Å². The Hall–Kier alpha value is -1.10. The first-order chi connectivity index (χ1) is 9.74. The Balaban J connectivity index is 1.74. The Morgan fingerprint density at radius 2 is 2.30 bits per heavy atom. The van der Waals surface area contributed by atoms with E-state index in [0.29, 0.717) is 17.5 Å². The zero-order chi connectivity index (χ0) is 13.9. The molecule has 2 heterocycles. The summed E-state index contributed by atoms with van der Waals surface area (Å²) < 4.78 is 5.75. The summed E-state index contributed by atoms with van der Waals surface area (Å²) in [5, 5.41) is 4.05. The number of amides is 1. The maximum Gasteiger partial charge on any atom is 0.253 e. The molecule has 1 amide bonds. The fourth-order valence-electron chi connectivity index (χ4n) is 2.97. The lowest BCUT2D eigenvalue weighted by Crippen LogP contribution is -2.52. The maximum atomic E-state index is 12.1. The van der Waals surface area contributed by atoms with E-state index in [1.807, 2.05) is 24.3 Å². The van der Waals surface area contributed by atoms with Gasteiger partial charge in [-0.1, -0.05) is 17.7 Å². The van der Waals surface area contributed by atoms with Gasteiger partial charge in [0.15, 0.2) is 0 Å². The van der Waals surface area contributed by atoms with E-state index < -0.39 is 0 Å². The Morgan fingerprint density at radius 3 is 3.05 bits per heavy atom. The van der Waals surface area contributed by atoms with Crippen LogP contribution in [0.4, 0.5) is 5.69 Å². The molecule has 2 aliphatic heterocycles. The molecule has 2 aliphatic rings. The molecule has 0 aliphatic carbocycles. The molecule has 4 nitrogen and oxygen atoms in total. The number of nitrogens with zero attached hydrogens (tertiary/aromatic N) is 1. The lowest BCUT2D eigenvalue weighted by Gasteiger charge is -2.38. The van der Waals surface area contributed by atoms with Gasteiger partial charge in [-0.2, -0.15) is 0 Å². The van der Waals surface area contributed by atoms with Crippen LogP contribution in [0.25, 0.3) is 0 Å². The molecular formula is C15H19ClN2O2. The number of anilines is 1. The van der Waals surface area contributed by atoms with Crippen LogP contribution in [0.5, 0.6) is 0 Å². The van der Waals surface area contributed by atoms with Crippen LogP contribution >= 0.6 is 11.6 Å². The predicted octanol–water partition coefficient (Wildman–Crippen LogP) is 2.07. The zero-order valence-electron chi connectivity index (χ0n) is 11.3. The lowest BCUT2D eigenvalue weighted by atomic mass is 9.92. The van der Waals surface area contributed by atoms with Gasteiger partial charge in [0.1, 0.15) is 6.61 Å². The number of hydrogen-bond donors (Lipinski definition) is 1. The molecule has 20 heavy (non-hydrogen) atoms. The normalized spacial score (nSPS) is 27.6. The molecule has 5 heteroatoms. The zero-order valence-corrected chi connectivity index (χ0v) is 12.1. The molecule has 2 saturated heterocycles. The van der Waals surface area contributed by atoms with Gasteiger partial charge in [-0.3, -0.25) is 4.79 Å². The highest BCUT2D eigenvalue weighted by atomic mass is 35.5. The molecule has 1 N–H and O–H groups in total. The Kier molecular flexibility index (Phi) is 4.24. The smallest absolute Gasteiger partial charge is 0.253 e. The van der Waals surface area contributed by atoms with Gasteiger partial charge < -0.3 is 15.0 Å². The van der Waals surface area contributed by atoms with Crippen LogP contribution in [0.15, 0.2) is 24.3 Å². The topological polar surface area (TPSA) is 41.6 Å². The van der Waals surface area contributed by atoms with Crippen molar-refractivity contribution in [1.29, 1.82) is 0 Å². The molecule has 108 valence electrons. The van der Waals surface area contributed by atoms with Gasteiger partial charge in [-0.05, 0) is 43.5 Å². The second-order valence-corrected chi connectivity index (χ2v) is 5.88. The average Bonchev–Trinajstić information content (AvgIpc) is 2.48. The number of morpholine rings is 1. The molecule has 1 aromatic rings. The molecule has 2 unspecified atom stereocenters. The quantitative estimate of drug-likeness (QED) is 0.908. The second kappa shape index (κ2) is 6.12. The molecule has 0 bridgehead atoms. The average molecular weight is 295 g/mol. The molecule has 0 aromatic heterocycles. The van der Waals surface area contributed by atoms with Crippen LogP contribution in [0, 0.1) is 5.92 Å². The van der Waals surface area contributed by atoms with Gasteiger partial charge in [-0.15, -0.1) is 0 Å². The van der Waals surface area contributed by atoms with Crippen molar-refractivity contribution in [3.63, 3.8) is 0 Å². The van der Waals surface area contributed by atoms with Crippen molar-refractivity contribution < 1.29 is 9.53 Å². The molecule has 2 atom stereocenters. The minimum Gasteiger partial charge on any atom is -0.366 e.